The van der Waals surface area contributed by atoms with Gasteiger partial charge in [0.25, 0.3) is 0 Å². The zero-order valence-corrected chi connectivity index (χ0v) is 33.0. The van der Waals surface area contributed by atoms with Crippen LogP contribution in [0.4, 0.5) is 0 Å². The highest BCUT2D eigenvalue weighted by molar-refractivity contribution is 5.70. The van der Waals surface area contributed by atoms with Crippen LogP contribution in [0.2, 0.25) is 0 Å². The third kappa shape index (κ3) is 27.1. The Morgan fingerprint density at radius 2 is 0.980 bits per heavy atom. The molecule has 1 rings (SSSR count). The van der Waals surface area contributed by atoms with Crippen LogP contribution in [-0.4, -0.2) is 77.8 Å². The summed E-state index contributed by atoms with van der Waals surface area (Å²) in [6.07, 6.45) is 29.0. The van der Waals surface area contributed by atoms with Gasteiger partial charge in [-0.05, 0) is 25.7 Å². The maximum Gasteiger partial charge on any atom is 0.306 e. The Morgan fingerprint density at radius 3 is 1.39 bits per heavy atom. The van der Waals surface area contributed by atoms with Crippen LogP contribution in [0.15, 0.2) is 0 Å². The van der Waals surface area contributed by atoms with E-state index in [4.69, 9.17) is 18.9 Å². The first-order chi connectivity index (χ1) is 24.9. The van der Waals surface area contributed by atoms with Gasteiger partial charge in [0, 0.05) is 12.8 Å². The predicted octanol–water partition coefficient (Wildman–Crippen LogP) is 9.64. The van der Waals surface area contributed by atoms with E-state index in [1.165, 1.54) is 128 Å². The van der Waals surface area contributed by atoms with E-state index in [1.54, 1.807) is 0 Å². The molecule has 1 aliphatic rings. The van der Waals surface area contributed by atoms with E-state index in [-0.39, 0.29) is 25.2 Å². The molecule has 0 saturated carbocycles. The molecule has 9 nitrogen and oxygen atoms in total. The molecular weight excluding hydrogens is 648 g/mol. The van der Waals surface area contributed by atoms with Crippen LogP contribution in [-0.2, 0) is 28.5 Å². The average molecular weight is 729 g/mol. The first-order valence-electron chi connectivity index (χ1n) is 21.5. The lowest BCUT2D eigenvalue weighted by molar-refractivity contribution is -0.172. The molecule has 0 spiro atoms. The van der Waals surface area contributed by atoms with Gasteiger partial charge in [-0.25, -0.2) is 0 Å². The van der Waals surface area contributed by atoms with Crippen molar-refractivity contribution in [1.29, 1.82) is 0 Å². The van der Waals surface area contributed by atoms with Crippen LogP contribution in [0.3, 0.4) is 0 Å². The quantitative estimate of drug-likeness (QED) is 0.0423. The molecule has 0 aromatic heterocycles. The molecule has 0 aromatic carbocycles. The van der Waals surface area contributed by atoms with Gasteiger partial charge in [-0.3, -0.25) is 9.59 Å². The van der Waals surface area contributed by atoms with Crippen molar-refractivity contribution in [3.63, 3.8) is 0 Å². The number of carbonyl (C=O) groups is 2. The summed E-state index contributed by atoms with van der Waals surface area (Å²) >= 11 is 0. The normalized spacial score (nSPS) is 19.4. The molecule has 1 fully saturated rings. The van der Waals surface area contributed by atoms with Gasteiger partial charge in [0.15, 0.2) is 6.29 Å². The highest BCUT2D eigenvalue weighted by atomic mass is 16.7. The van der Waals surface area contributed by atoms with Crippen molar-refractivity contribution in [2.45, 2.75) is 237 Å². The van der Waals surface area contributed by atoms with Crippen molar-refractivity contribution in [2.75, 3.05) is 19.8 Å². The number of ether oxygens (including phenoxy) is 4. The second-order valence-electron chi connectivity index (χ2n) is 15.0. The van der Waals surface area contributed by atoms with Crippen molar-refractivity contribution in [2.24, 2.45) is 0 Å². The van der Waals surface area contributed by atoms with Gasteiger partial charge in [-0.2, -0.15) is 0 Å². The standard InChI is InChI=1S/C42H80O9/c1-3-5-7-9-11-13-15-17-19-21-23-25-27-31-38(44)49-35-36(30-29-33-48-42-41(47)40(46)37(34-43)51-42)50-39(45)32-28-26-24-22-20-18-16-14-12-10-8-6-4-2/h36-37,40-43,46-47H,3-35H2,1-2H3/t36?,37-,40-,41+,42+/m1/s1. The second kappa shape index (κ2) is 34.5. The summed E-state index contributed by atoms with van der Waals surface area (Å²) in [7, 11) is 0. The number of aliphatic hydroxyl groups excluding tert-OH is 3. The van der Waals surface area contributed by atoms with Gasteiger partial charge < -0.3 is 34.3 Å². The Labute approximate surface area is 312 Å². The molecule has 0 aliphatic carbocycles. The Hall–Kier alpha value is -1.26. The minimum atomic E-state index is -1.25. The topological polar surface area (TPSA) is 132 Å². The summed E-state index contributed by atoms with van der Waals surface area (Å²) in [5.74, 6) is -0.543. The van der Waals surface area contributed by atoms with Crippen molar-refractivity contribution in [3.8, 4) is 0 Å². The maximum atomic E-state index is 12.7. The van der Waals surface area contributed by atoms with Gasteiger partial charge in [0.05, 0.1) is 13.2 Å². The Balaban J connectivity index is 2.27. The molecule has 0 radical (unpaired) electrons. The van der Waals surface area contributed by atoms with Crippen LogP contribution in [0.1, 0.15) is 206 Å². The molecular formula is C42H80O9. The van der Waals surface area contributed by atoms with E-state index in [2.05, 4.69) is 13.8 Å². The third-order valence-electron chi connectivity index (χ3n) is 10.1. The minimum absolute atomic E-state index is 0.00940. The van der Waals surface area contributed by atoms with Crippen LogP contribution in [0.25, 0.3) is 0 Å². The monoisotopic (exact) mass is 729 g/mol. The van der Waals surface area contributed by atoms with Crippen molar-refractivity contribution in [3.05, 3.63) is 0 Å². The third-order valence-corrected chi connectivity index (χ3v) is 10.1. The number of unbranched alkanes of at least 4 members (excludes halogenated alkanes) is 24. The molecule has 0 bridgehead atoms. The van der Waals surface area contributed by atoms with Gasteiger partial charge in [-0.15, -0.1) is 0 Å². The van der Waals surface area contributed by atoms with Gasteiger partial charge in [0.1, 0.15) is 31.0 Å². The number of carbonyl (C=O) groups excluding carboxylic acids is 2. The van der Waals surface area contributed by atoms with Crippen LogP contribution < -0.4 is 0 Å². The Kier molecular flexibility index (Phi) is 32.3. The summed E-state index contributed by atoms with van der Waals surface area (Å²) in [5.41, 5.74) is 0. The fourth-order valence-corrected chi connectivity index (χ4v) is 6.77. The summed E-state index contributed by atoms with van der Waals surface area (Å²) in [6.45, 7) is 4.29. The van der Waals surface area contributed by atoms with E-state index in [1.807, 2.05) is 0 Å². The molecule has 302 valence electrons. The first kappa shape index (κ1) is 47.8. The smallest absolute Gasteiger partial charge is 0.306 e. The molecule has 9 heteroatoms. The number of hydrogen-bond acceptors (Lipinski definition) is 9. The average Bonchev–Trinajstić information content (AvgIpc) is 3.40. The lowest BCUT2D eigenvalue weighted by atomic mass is 10.0. The number of rotatable bonds is 37. The highest BCUT2D eigenvalue weighted by Crippen LogP contribution is 2.22. The molecule has 1 saturated heterocycles. The zero-order valence-electron chi connectivity index (χ0n) is 33.0. The zero-order chi connectivity index (χ0) is 37.2. The van der Waals surface area contributed by atoms with Crippen molar-refractivity contribution < 1.29 is 43.9 Å². The lowest BCUT2D eigenvalue weighted by Crippen LogP contribution is -2.34. The Bertz CT molecular complexity index is 794. The number of aliphatic hydroxyl groups is 3. The van der Waals surface area contributed by atoms with Crippen LogP contribution >= 0.6 is 0 Å². The molecule has 1 heterocycles. The molecule has 3 N–H and O–H groups in total. The van der Waals surface area contributed by atoms with E-state index in [0.29, 0.717) is 25.7 Å². The maximum absolute atomic E-state index is 12.7. The lowest BCUT2D eigenvalue weighted by Gasteiger charge is -2.19. The van der Waals surface area contributed by atoms with Gasteiger partial charge >= 0.3 is 11.9 Å². The summed E-state index contributed by atoms with van der Waals surface area (Å²) in [5, 5.41) is 29.3. The highest BCUT2D eigenvalue weighted by Gasteiger charge is 2.42. The van der Waals surface area contributed by atoms with Crippen LogP contribution in [0, 0.1) is 0 Å². The molecule has 51 heavy (non-hydrogen) atoms. The predicted molar refractivity (Wildman–Crippen MR) is 204 cm³/mol. The summed E-state index contributed by atoms with van der Waals surface area (Å²) in [6, 6.07) is 0. The summed E-state index contributed by atoms with van der Waals surface area (Å²) in [4.78, 5) is 25.2. The van der Waals surface area contributed by atoms with Crippen LogP contribution in [0.5, 0.6) is 0 Å². The van der Waals surface area contributed by atoms with E-state index in [0.717, 1.165) is 38.5 Å². The molecule has 1 aliphatic heterocycles. The minimum Gasteiger partial charge on any atom is -0.462 e. The van der Waals surface area contributed by atoms with Gasteiger partial charge in [0.2, 0.25) is 0 Å². The fourth-order valence-electron chi connectivity index (χ4n) is 6.77. The SMILES string of the molecule is CCCCCCCCCCCCCCCC(=O)OCC(CCCO[C@H]1O[C@H](CO)[C@@H](O)[C@@H]1O)OC(=O)CCCCCCCCCCCCCCC. The van der Waals surface area contributed by atoms with E-state index < -0.39 is 37.3 Å². The summed E-state index contributed by atoms with van der Waals surface area (Å²) < 4.78 is 22.3. The molecule has 1 unspecified atom stereocenters. The molecule has 0 aromatic rings. The van der Waals surface area contributed by atoms with Gasteiger partial charge in [-0.1, -0.05) is 168 Å². The van der Waals surface area contributed by atoms with Crippen molar-refractivity contribution in [1.82, 2.24) is 0 Å². The number of esters is 2. The Morgan fingerprint density at radius 1 is 0.569 bits per heavy atom. The van der Waals surface area contributed by atoms with Crippen molar-refractivity contribution >= 4 is 11.9 Å². The largest absolute Gasteiger partial charge is 0.462 e. The van der Waals surface area contributed by atoms with E-state index >= 15 is 0 Å². The molecule has 5 atom stereocenters. The second-order valence-corrected chi connectivity index (χ2v) is 15.0. The first-order valence-corrected chi connectivity index (χ1v) is 21.5. The van der Waals surface area contributed by atoms with E-state index in [9.17, 15) is 24.9 Å². The number of hydrogen-bond donors (Lipinski definition) is 3. The molecule has 0 amide bonds. The fraction of sp³-hybridized carbons (Fsp3) is 0.952.